The lowest BCUT2D eigenvalue weighted by Crippen LogP contribution is -2.37. The van der Waals surface area contributed by atoms with Gasteiger partial charge < -0.3 is 9.69 Å². The Bertz CT molecular complexity index is 157. The number of thioether (sulfide) groups is 1. The summed E-state index contributed by atoms with van der Waals surface area (Å²) in [4.78, 5) is 13.3. The smallest absolute Gasteiger partial charge is 0.127 e. The molecule has 0 radical (unpaired) electrons. The summed E-state index contributed by atoms with van der Waals surface area (Å²) in [5, 5.41) is 0. The zero-order valence-electron chi connectivity index (χ0n) is 9.88. The van der Waals surface area contributed by atoms with E-state index in [4.69, 9.17) is 0 Å². The average molecular weight is 217 g/mol. The van der Waals surface area contributed by atoms with Crippen LogP contribution in [0.4, 0.5) is 0 Å². The Kier molecular flexibility index (Phi) is 7.28. The highest BCUT2D eigenvalue weighted by molar-refractivity contribution is 7.98. The lowest BCUT2D eigenvalue weighted by molar-refractivity contribution is -0.117. The molecule has 0 spiro atoms. The quantitative estimate of drug-likeness (QED) is 0.582. The van der Waals surface area contributed by atoms with Crippen LogP contribution < -0.4 is 0 Å². The van der Waals surface area contributed by atoms with Gasteiger partial charge in [-0.2, -0.15) is 11.8 Å². The molecule has 0 fully saturated rings. The van der Waals surface area contributed by atoms with E-state index >= 15 is 0 Å². The monoisotopic (exact) mass is 217 g/mol. The molecule has 3 heteroatoms. The lowest BCUT2D eigenvalue weighted by atomic mass is 9.83. The van der Waals surface area contributed by atoms with Crippen LogP contribution in [0, 0.1) is 5.41 Å². The highest BCUT2D eigenvalue weighted by Gasteiger charge is 2.26. The largest absolute Gasteiger partial charge is 0.305 e. The van der Waals surface area contributed by atoms with Gasteiger partial charge >= 0.3 is 0 Å². The van der Waals surface area contributed by atoms with Gasteiger partial charge in [-0.25, -0.2) is 0 Å². The maximum atomic E-state index is 11.1. The number of hydrogen-bond acceptors (Lipinski definition) is 3. The zero-order chi connectivity index (χ0) is 11.0. The van der Waals surface area contributed by atoms with Crippen molar-refractivity contribution in [2.24, 2.45) is 5.41 Å². The first kappa shape index (κ1) is 14.0. The number of aldehydes is 1. The van der Waals surface area contributed by atoms with Crippen LogP contribution in [-0.4, -0.2) is 43.3 Å². The van der Waals surface area contributed by atoms with Gasteiger partial charge in [-0.3, -0.25) is 0 Å². The van der Waals surface area contributed by atoms with Crippen molar-refractivity contribution in [1.29, 1.82) is 0 Å². The summed E-state index contributed by atoms with van der Waals surface area (Å²) in [6.45, 7) is 6.15. The molecule has 0 amide bonds. The van der Waals surface area contributed by atoms with Gasteiger partial charge in [-0.05, 0) is 26.1 Å². The number of hydrogen-bond donors (Lipinski definition) is 0. The van der Waals surface area contributed by atoms with E-state index in [1.54, 1.807) is 0 Å². The van der Waals surface area contributed by atoms with Crippen molar-refractivity contribution in [2.45, 2.75) is 26.7 Å². The molecule has 2 nitrogen and oxygen atoms in total. The van der Waals surface area contributed by atoms with Crippen molar-refractivity contribution in [2.75, 3.05) is 32.1 Å². The van der Waals surface area contributed by atoms with Gasteiger partial charge in [0, 0.05) is 24.3 Å². The first-order valence-corrected chi connectivity index (χ1v) is 6.67. The van der Waals surface area contributed by atoms with Gasteiger partial charge in [-0.15, -0.1) is 0 Å². The highest BCUT2D eigenvalue weighted by Crippen LogP contribution is 2.24. The third kappa shape index (κ3) is 4.47. The highest BCUT2D eigenvalue weighted by atomic mass is 32.2. The number of carbonyl (C=O) groups is 1. The van der Waals surface area contributed by atoms with Crippen molar-refractivity contribution in [3.05, 3.63) is 0 Å². The molecule has 0 saturated heterocycles. The molecule has 0 aromatic heterocycles. The molecule has 0 aliphatic carbocycles. The summed E-state index contributed by atoms with van der Waals surface area (Å²) in [5.74, 6) is 1.14. The van der Waals surface area contributed by atoms with E-state index in [-0.39, 0.29) is 5.41 Å². The van der Waals surface area contributed by atoms with E-state index in [1.807, 2.05) is 11.8 Å². The van der Waals surface area contributed by atoms with Crippen LogP contribution >= 0.6 is 11.8 Å². The normalized spacial score (nSPS) is 12.1. The molecule has 0 unspecified atom stereocenters. The summed E-state index contributed by atoms with van der Waals surface area (Å²) in [6.07, 6.45) is 5.14. The van der Waals surface area contributed by atoms with Gasteiger partial charge in [0.2, 0.25) is 0 Å². The van der Waals surface area contributed by atoms with Crippen molar-refractivity contribution in [3.63, 3.8) is 0 Å². The SMILES string of the molecule is CCC(C=O)(CC)CN(C)CCSC. The number of nitrogens with zero attached hydrogens (tertiary/aromatic N) is 1. The predicted molar refractivity (Wildman–Crippen MR) is 65.0 cm³/mol. The molecule has 0 aliphatic heterocycles. The Balaban J connectivity index is 4.08. The van der Waals surface area contributed by atoms with Crippen molar-refractivity contribution < 1.29 is 4.79 Å². The molecule has 0 aromatic carbocycles. The van der Waals surface area contributed by atoms with Crippen LogP contribution in [0.25, 0.3) is 0 Å². The molecule has 0 bridgehead atoms. The molecule has 0 aliphatic rings. The van der Waals surface area contributed by atoms with E-state index in [2.05, 4.69) is 32.1 Å². The molecule has 84 valence electrons. The molecule has 0 atom stereocenters. The summed E-state index contributed by atoms with van der Waals surface area (Å²) in [5.41, 5.74) is -0.118. The molecule has 0 rings (SSSR count). The molecule has 0 aromatic rings. The van der Waals surface area contributed by atoms with Crippen LogP contribution in [-0.2, 0) is 4.79 Å². The number of rotatable bonds is 8. The number of carbonyl (C=O) groups excluding carboxylic acids is 1. The first-order chi connectivity index (χ1) is 6.64. The van der Waals surface area contributed by atoms with E-state index in [9.17, 15) is 4.79 Å². The fourth-order valence-corrected chi connectivity index (χ4v) is 2.04. The Morgan fingerprint density at radius 2 is 1.93 bits per heavy atom. The zero-order valence-corrected chi connectivity index (χ0v) is 10.7. The minimum Gasteiger partial charge on any atom is -0.305 e. The molecule has 14 heavy (non-hydrogen) atoms. The molecule has 0 N–H and O–H groups in total. The standard InChI is InChI=1S/C11H23NOS/c1-5-11(6-2,10-13)9-12(3)7-8-14-4/h10H,5-9H2,1-4H3. The van der Waals surface area contributed by atoms with Crippen LogP contribution in [0.3, 0.4) is 0 Å². The Morgan fingerprint density at radius 1 is 1.36 bits per heavy atom. The molecular formula is C11H23NOS. The topological polar surface area (TPSA) is 20.3 Å². The van der Waals surface area contributed by atoms with E-state index in [1.165, 1.54) is 0 Å². The third-order valence-corrected chi connectivity index (χ3v) is 3.51. The Morgan fingerprint density at radius 3 is 2.29 bits per heavy atom. The van der Waals surface area contributed by atoms with Gasteiger partial charge in [-0.1, -0.05) is 13.8 Å². The van der Waals surface area contributed by atoms with Crippen molar-refractivity contribution >= 4 is 18.0 Å². The average Bonchev–Trinajstić information content (AvgIpc) is 2.23. The van der Waals surface area contributed by atoms with E-state index in [0.29, 0.717) is 0 Å². The maximum absolute atomic E-state index is 11.1. The van der Waals surface area contributed by atoms with Crippen LogP contribution in [0.1, 0.15) is 26.7 Å². The van der Waals surface area contributed by atoms with Crippen molar-refractivity contribution in [1.82, 2.24) is 4.90 Å². The molecule has 0 heterocycles. The Labute approximate surface area is 92.4 Å². The molecule has 0 saturated carbocycles. The fraction of sp³-hybridized carbons (Fsp3) is 0.909. The van der Waals surface area contributed by atoms with Gasteiger partial charge in [0.05, 0.1) is 0 Å². The lowest BCUT2D eigenvalue weighted by Gasteiger charge is -2.30. The maximum Gasteiger partial charge on any atom is 0.127 e. The summed E-state index contributed by atoms with van der Waals surface area (Å²) >= 11 is 1.85. The Hall–Kier alpha value is -0.0200. The third-order valence-electron chi connectivity index (χ3n) is 2.92. The van der Waals surface area contributed by atoms with Gasteiger partial charge in [0.25, 0.3) is 0 Å². The van der Waals surface area contributed by atoms with E-state index < -0.39 is 0 Å². The van der Waals surface area contributed by atoms with Crippen LogP contribution in [0.2, 0.25) is 0 Å². The summed E-state index contributed by atoms with van der Waals surface area (Å²) < 4.78 is 0. The first-order valence-electron chi connectivity index (χ1n) is 5.28. The van der Waals surface area contributed by atoms with Crippen molar-refractivity contribution in [3.8, 4) is 0 Å². The van der Waals surface area contributed by atoms with Crippen LogP contribution in [0.15, 0.2) is 0 Å². The minimum absolute atomic E-state index is 0.118. The fourth-order valence-electron chi connectivity index (χ4n) is 1.54. The second kappa shape index (κ2) is 7.30. The molecular weight excluding hydrogens is 194 g/mol. The predicted octanol–water partition coefficient (Wildman–Crippen LogP) is 2.29. The van der Waals surface area contributed by atoms with Gasteiger partial charge in [0.1, 0.15) is 6.29 Å². The van der Waals surface area contributed by atoms with E-state index in [0.717, 1.165) is 38.0 Å². The summed E-state index contributed by atoms with van der Waals surface area (Å²) in [7, 11) is 2.10. The summed E-state index contributed by atoms with van der Waals surface area (Å²) in [6, 6.07) is 0. The van der Waals surface area contributed by atoms with Gasteiger partial charge in [0.15, 0.2) is 0 Å². The second-order valence-electron chi connectivity index (χ2n) is 3.92. The second-order valence-corrected chi connectivity index (χ2v) is 4.90. The minimum atomic E-state index is -0.118. The van der Waals surface area contributed by atoms with Crippen LogP contribution in [0.5, 0.6) is 0 Å².